The minimum Gasteiger partial charge on any atom is -0.491 e. The van der Waals surface area contributed by atoms with Gasteiger partial charge in [-0.3, -0.25) is 0 Å². The van der Waals surface area contributed by atoms with Crippen LogP contribution in [0.2, 0.25) is 0 Å². The maximum absolute atomic E-state index is 9.66. The molecule has 1 aliphatic rings. The molecule has 0 aromatic heterocycles. The van der Waals surface area contributed by atoms with E-state index in [2.05, 4.69) is 19.9 Å². The van der Waals surface area contributed by atoms with Gasteiger partial charge in [-0.25, -0.2) is 0 Å². The van der Waals surface area contributed by atoms with Gasteiger partial charge in [-0.2, -0.15) is 0 Å². The molecule has 1 aromatic rings. The summed E-state index contributed by atoms with van der Waals surface area (Å²) in [5.74, 6) is 0.928. The molecule has 0 spiro atoms. The topological polar surface area (TPSA) is 29.5 Å². The van der Waals surface area contributed by atoms with Gasteiger partial charge in [-0.05, 0) is 49.4 Å². The third-order valence-electron chi connectivity index (χ3n) is 3.07. The Morgan fingerprint density at radius 2 is 2.33 bits per heavy atom. The third-order valence-corrected chi connectivity index (χ3v) is 3.07. The van der Waals surface area contributed by atoms with Gasteiger partial charge in [0.25, 0.3) is 0 Å². The fourth-order valence-electron chi connectivity index (χ4n) is 1.96. The van der Waals surface area contributed by atoms with Crippen LogP contribution in [0.5, 0.6) is 5.75 Å². The molecular weight excluding hydrogens is 188 g/mol. The van der Waals surface area contributed by atoms with Gasteiger partial charge in [0, 0.05) is 0 Å². The SMILES string of the molecule is CCC(C)Oc1ccc2c(c1)CC[C@H]2O. The van der Waals surface area contributed by atoms with Crippen LogP contribution < -0.4 is 4.74 Å². The standard InChI is InChI=1S/C13H18O2/c1-3-9(2)15-11-5-6-12-10(8-11)4-7-13(12)14/h5-6,8-9,13-14H,3-4,7H2,1-2H3/t9?,13-/m1/s1. The Balaban J connectivity index is 2.16. The minimum atomic E-state index is -0.266. The van der Waals surface area contributed by atoms with Crippen molar-refractivity contribution in [2.75, 3.05) is 0 Å². The molecule has 0 saturated carbocycles. The summed E-state index contributed by atoms with van der Waals surface area (Å²) in [4.78, 5) is 0. The Morgan fingerprint density at radius 3 is 3.07 bits per heavy atom. The predicted octanol–water partition coefficient (Wildman–Crippen LogP) is 2.84. The molecule has 1 N–H and O–H groups in total. The van der Waals surface area contributed by atoms with Crippen molar-refractivity contribution in [3.63, 3.8) is 0 Å². The lowest BCUT2D eigenvalue weighted by atomic mass is 10.1. The summed E-state index contributed by atoms with van der Waals surface area (Å²) < 4.78 is 5.74. The van der Waals surface area contributed by atoms with Gasteiger partial charge in [0.15, 0.2) is 0 Å². The molecule has 0 amide bonds. The van der Waals surface area contributed by atoms with Gasteiger partial charge in [0.1, 0.15) is 5.75 Å². The maximum Gasteiger partial charge on any atom is 0.119 e. The summed E-state index contributed by atoms with van der Waals surface area (Å²) in [5, 5.41) is 9.66. The quantitative estimate of drug-likeness (QED) is 0.824. The molecule has 82 valence electrons. The van der Waals surface area contributed by atoms with Crippen molar-refractivity contribution in [3.8, 4) is 5.75 Å². The first-order chi connectivity index (χ1) is 7.20. The fraction of sp³-hybridized carbons (Fsp3) is 0.538. The van der Waals surface area contributed by atoms with Crippen molar-refractivity contribution in [2.24, 2.45) is 0 Å². The smallest absolute Gasteiger partial charge is 0.119 e. The zero-order chi connectivity index (χ0) is 10.8. The average Bonchev–Trinajstić information content (AvgIpc) is 2.60. The number of aliphatic hydroxyl groups excluding tert-OH is 1. The van der Waals surface area contributed by atoms with E-state index in [-0.39, 0.29) is 12.2 Å². The number of fused-ring (bicyclic) bond motifs is 1. The van der Waals surface area contributed by atoms with Crippen molar-refractivity contribution >= 4 is 0 Å². The number of hydrogen-bond acceptors (Lipinski definition) is 2. The van der Waals surface area contributed by atoms with Gasteiger partial charge in [0.2, 0.25) is 0 Å². The summed E-state index contributed by atoms with van der Waals surface area (Å²) in [7, 11) is 0. The van der Waals surface area contributed by atoms with Gasteiger partial charge in [-0.15, -0.1) is 0 Å². The summed E-state index contributed by atoms with van der Waals surface area (Å²) in [5.41, 5.74) is 2.31. The zero-order valence-electron chi connectivity index (χ0n) is 9.36. The first-order valence-electron chi connectivity index (χ1n) is 5.68. The predicted molar refractivity (Wildman–Crippen MR) is 60.1 cm³/mol. The number of hydrogen-bond donors (Lipinski definition) is 1. The molecule has 0 heterocycles. The number of benzene rings is 1. The second-order valence-corrected chi connectivity index (χ2v) is 4.25. The third kappa shape index (κ3) is 2.15. The Bertz CT molecular complexity index is 346. The Labute approximate surface area is 90.9 Å². The first-order valence-corrected chi connectivity index (χ1v) is 5.68. The van der Waals surface area contributed by atoms with Crippen molar-refractivity contribution in [2.45, 2.75) is 45.3 Å². The Hall–Kier alpha value is -1.02. The van der Waals surface area contributed by atoms with Gasteiger partial charge >= 0.3 is 0 Å². The molecule has 0 bridgehead atoms. The van der Waals surface area contributed by atoms with Crippen LogP contribution in [-0.2, 0) is 6.42 Å². The lowest BCUT2D eigenvalue weighted by Gasteiger charge is -2.13. The minimum absolute atomic E-state index is 0.259. The van der Waals surface area contributed by atoms with Gasteiger partial charge in [0.05, 0.1) is 12.2 Å². The number of rotatable bonds is 3. The average molecular weight is 206 g/mol. The van der Waals surface area contributed by atoms with Crippen LogP contribution in [0, 0.1) is 0 Å². The molecular formula is C13H18O2. The van der Waals surface area contributed by atoms with Crippen LogP contribution >= 0.6 is 0 Å². The number of aryl methyl sites for hydroxylation is 1. The van der Waals surface area contributed by atoms with E-state index >= 15 is 0 Å². The van der Waals surface area contributed by atoms with E-state index in [1.165, 1.54) is 5.56 Å². The molecule has 1 unspecified atom stereocenters. The largest absolute Gasteiger partial charge is 0.491 e. The molecule has 0 fully saturated rings. The Morgan fingerprint density at radius 1 is 1.53 bits per heavy atom. The van der Waals surface area contributed by atoms with E-state index in [1.54, 1.807) is 0 Å². The monoisotopic (exact) mass is 206 g/mol. The van der Waals surface area contributed by atoms with Crippen molar-refractivity contribution in [1.29, 1.82) is 0 Å². The number of aliphatic hydroxyl groups is 1. The zero-order valence-corrected chi connectivity index (χ0v) is 9.36. The second-order valence-electron chi connectivity index (χ2n) is 4.25. The molecule has 1 aromatic carbocycles. The normalized spacial score (nSPS) is 21.1. The van der Waals surface area contributed by atoms with Crippen molar-refractivity contribution < 1.29 is 9.84 Å². The molecule has 1 aliphatic carbocycles. The molecule has 2 rings (SSSR count). The van der Waals surface area contributed by atoms with E-state index in [0.717, 1.165) is 30.6 Å². The van der Waals surface area contributed by atoms with Crippen LogP contribution in [0.25, 0.3) is 0 Å². The highest BCUT2D eigenvalue weighted by molar-refractivity contribution is 5.39. The summed E-state index contributed by atoms with van der Waals surface area (Å²) >= 11 is 0. The summed E-state index contributed by atoms with van der Waals surface area (Å²) in [6.07, 6.45) is 2.82. The molecule has 0 aliphatic heterocycles. The maximum atomic E-state index is 9.66. The first kappa shape index (κ1) is 10.5. The Kier molecular flexibility index (Phi) is 2.96. The van der Waals surface area contributed by atoms with E-state index in [0.29, 0.717) is 0 Å². The van der Waals surface area contributed by atoms with E-state index in [4.69, 9.17) is 4.74 Å². The second kappa shape index (κ2) is 4.23. The lowest BCUT2D eigenvalue weighted by molar-refractivity contribution is 0.180. The van der Waals surface area contributed by atoms with Crippen LogP contribution in [0.1, 0.15) is 43.9 Å². The number of ether oxygens (including phenoxy) is 1. The fourth-order valence-corrected chi connectivity index (χ4v) is 1.96. The summed E-state index contributed by atoms with van der Waals surface area (Å²) in [6.45, 7) is 4.18. The molecule has 0 radical (unpaired) electrons. The lowest BCUT2D eigenvalue weighted by Crippen LogP contribution is -2.09. The van der Waals surface area contributed by atoms with Crippen molar-refractivity contribution in [3.05, 3.63) is 29.3 Å². The van der Waals surface area contributed by atoms with E-state index < -0.39 is 0 Å². The van der Waals surface area contributed by atoms with Crippen molar-refractivity contribution in [1.82, 2.24) is 0 Å². The molecule has 2 atom stereocenters. The highest BCUT2D eigenvalue weighted by Gasteiger charge is 2.20. The molecule has 2 heteroatoms. The van der Waals surface area contributed by atoms with E-state index in [1.807, 2.05) is 12.1 Å². The highest BCUT2D eigenvalue weighted by atomic mass is 16.5. The van der Waals surface area contributed by atoms with Crippen LogP contribution in [0.3, 0.4) is 0 Å². The molecule has 0 saturated heterocycles. The molecule has 15 heavy (non-hydrogen) atoms. The van der Waals surface area contributed by atoms with Gasteiger partial charge < -0.3 is 9.84 Å². The summed E-state index contributed by atoms with van der Waals surface area (Å²) in [6, 6.07) is 6.02. The highest BCUT2D eigenvalue weighted by Crippen LogP contribution is 2.33. The van der Waals surface area contributed by atoms with Crippen LogP contribution in [0.15, 0.2) is 18.2 Å². The van der Waals surface area contributed by atoms with Crippen LogP contribution in [0.4, 0.5) is 0 Å². The van der Waals surface area contributed by atoms with Gasteiger partial charge in [-0.1, -0.05) is 13.0 Å². The van der Waals surface area contributed by atoms with E-state index in [9.17, 15) is 5.11 Å². The molecule has 2 nitrogen and oxygen atoms in total. The van der Waals surface area contributed by atoms with Crippen LogP contribution in [-0.4, -0.2) is 11.2 Å².